The fraction of sp³-hybridized carbons (Fsp3) is 0.348. The van der Waals surface area contributed by atoms with Gasteiger partial charge >= 0.3 is 0 Å². The first-order chi connectivity index (χ1) is 14.4. The fourth-order valence-electron chi connectivity index (χ4n) is 4.64. The minimum atomic E-state index is 0.128. The Hall–Kier alpha value is -3.35. The van der Waals surface area contributed by atoms with Crippen LogP contribution in [0, 0.1) is 13.8 Å². The molecule has 0 radical (unpaired) electrons. The number of aryl methyl sites for hydroxylation is 1. The Labute approximate surface area is 177 Å². The largest absolute Gasteiger partial charge is 0.337 e. The highest BCUT2D eigenvalue weighted by Crippen LogP contribution is 2.47. The highest BCUT2D eigenvalue weighted by Gasteiger charge is 2.37. The first kappa shape index (κ1) is 18.7. The number of hydrogen-bond acceptors (Lipinski definition) is 7. The quantitative estimate of drug-likeness (QED) is 0.632. The number of rotatable bonds is 2. The van der Waals surface area contributed by atoms with E-state index in [1.54, 1.807) is 12.4 Å². The topological polar surface area (TPSA) is 51.6 Å². The van der Waals surface area contributed by atoms with Gasteiger partial charge in [-0.25, -0.2) is 15.0 Å². The van der Waals surface area contributed by atoms with Crippen molar-refractivity contribution in [3.05, 3.63) is 54.0 Å². The summed E-state index contributed by atoms with van der Waals surface area (Å²) in [5.41, 5.74) is 5.93. The SMILES string of the molecule is Cc1cc(N2c3nccnc3N(C)[C@H]2C)c(C)c(N2c3cccnc3N(C)[C@@H]2C)c1. The molecule has 154 valence electrons. The molecule has 0 unspecified atom stereocenters. The molecular formula is C23H27N7. The van der Waals surface area contributed by atoms with Crippen LogP contribution in [0.4, 0.5) is 34.5 Å². The Morgan fingerprint density at radius 2 is 1.27 bits per heavy atom. The zero-order chi connectivity index (χ0) is 21.2. The lowest BCUT2D eigenvalue weighted by Gasteiger charge is -2.33. The second-order valence-electron chi connectivity index (χ2n) is 8.20. The fourth-order valence-corrected chi connectivity index (χ4v) is 4.64. The smallest absolute Gasteiger partial charge is 0.178 e. The van der Waals surface area contributed by atoms with Crippen molar-refractivity contribution in [2.75, 3.05) is 33.7 Å². The molecule has 0 N–H and O–H groups in total. The summed E-state index contributed by atoms with van der Waals surface area (Å²) in [6.45, 7) is 8.77. The van der Waals surface area contributed by atoms with Crippen LogP contribution < -0.4 is 19.6 Å². The van der Waals surface area contributed by atoms with E-state index in [4.69, 9.17) is 0 Å². The van der Waals surface area contributed by atoms with Crippen LogP contribution in [-0.4, -0.2) is 41.4 Å². The van der Waals surface area contributed by atoms with Gasteiger partial charge in [0.1, 0.15) is 12.3 Å². The third kappa shape index (κ3) is 2.47. The maximum atomic E-state index is 4.67. The van der Waals surface area contributed by atoms with Gasteiger partial charge < -0.3 is 19.6 Å². The predicted molar refractivity (Wildman–Crippen MR) is 122 cm³/mol. The first-order valence-electron chi connectivity index (χ1n) is 10.3. The van der Waals surface area contributed by atoms with Gasteiger partial charge in [0, 0.05) is 44.1 Å². The van der Waals surface area contributed by atoms with Gasteiger partial charge in [0.05, 0.1) is 5.69 Å². The summed E-state index contributed by atoms with van der Waals surface area (Å²) >= 11 is 0. The molecule has 30 heavy (non-hydrogen) atoms. The molecule has 2 atom stereocenters. The molecule has 2 aliphatic rings. The molecule has 4 heterocycles. The van der Waals surface area contributed by atoms with Gasteiger partial charge in [-0.2, -0.15) is 0 Å². The molecular weight excluding hydrogens is 374 g/mol. The third-order valence-corrected chi connectivity index (χ3v) is 6.47. The van der Waals surface area contributed by atoms with Crippen molar-refractivity contribution in [2.45, 2.75) is 40.0 Å². The van der Waals surface area contributed by atoms with Gasteiger partial charge in [-0.15, -0.1) is 0 Å². The second kappa shape index (κ2) is 6.58. The van der Waals surface area contributed by atoms with E-state index in [1.807, 2.05) is 12.3 Å². The normalized spacial score (nSPS) is 20.1. The van der Waals surface area contributed by atoms with Gasteiger partial charge in [-0.05, 0) is 63.1 Å². The molecule has 7 heteroatoms. The van der Waals surface area contributed by atoms with Crippen LogP contribution in [0.1, 0.15) is 25.0 Å². The molecule has 0 aliphatic carbocycles. The molecule has 1 aromatic carbocycles. The van der Waals surface area contributed by atoms with Crippen molar-refractivity contribution < 1.29 is 0 Å². The monoisotopic (exact) mass is 401 g/mol. The summed E-state index contributed by atoms with van der Waals surface area (Å²) in [7, 11) is 4.18. The molecule has 0 fully saturated rings. The van der Waals surface area contributed by atoms with Crippen LogP contribution >= 0.6 is 0 Å². The van der Waals surface area contributed by atoms with Crippen molar-refractivity contribution in [2.24, 2.45) is 0 Å². The van der Waals surface area contributed by atoms with Crippen LogP contribution in [0.15, 0.2) is 42.9 Å². The number of fused-ring (bicyclic) bond motifs is 2. The molecule has 0 spiro atoms. The van der Waals surface area contributed by atoms with Crippen molar-refractivity contribution in [3.8, 4) is 0 Å². The van der Waals surface area contributed by atoms with Gasteiger partial charge in [0.25, 0.3) is 0 Å². The Kier molecular flexibility index (Phi) is 4.10. The highest BCUT2D eigenvalue weighted by molar-refractivity contribution is 5.87. The zero-order valence-corrected chi connectivity index (χ0v) is 18.3. The van der Waals surface area contributed by atoms with E-state index in [0.717, 1.165) is 28.8 Å². The van der Waals surface area contributed by atoms with E-state index in [1.165, 1.54) is 16.8 Å². The van der Waals surface area contributed by atoms with Gasteiger partial charge in [-0.1, -0.05) is 0 Å². The summed E-state index contributed by atoms with van der Waals surface area (Å²) < 4.78 is 0. The molecule has 3 aromatic rings. The molecule has 5 rings (SSSR count). The van der Waals surface area contributed by atoms with Crippen LogP contribution in [0.5, 0.6) is 0 Å². The number of nitrogens with zero attached hydrogens (tertiary/aromatic N) is 7. The van der Waals surface area contributed by atoms with E-state index in [9.17, 15) is 0 Å². The number of anilines is 6. The number of aromatic nitrogens is 3. The Balaban J connectivity index is 1.69. The van der Waals surface area contributed by atoms with E-state index in [-0.39, 0.29) is 12.3 Å². The van der Waals surface area contributed by atoms with Crippen molar-refractivity contribution in [1.82, 2.24) is 15.0 Å². The van der Waals surface area contributed by atoms with E-state index < -0.39 is 0 Å². The van der Waals surface area contributed by atoms with Crippen molar-refractivity contribution in [3.63, 3.8) is 0 Å². The lowest BCUT2D eigenvalue weighted by Crippen LogP contribution is -2.38. The summed E-state index contributed by atoms with van der Waals surface area (Å²) in [5, 5.41) is 0. The Morgan fingerprint density at radius 1 is 0.700 bits per heavy atom. The summed E-state index contributed by atoms with van der Waals surface area (Å²) in [6.07, 6.45) is 5.68. The van der Waals surface area contributed by atoms with Crippen molar-refractivity contribution >= 4 is 34.5 Å². The van der Waals surface area contributed by atoms with E-state index in [0.29, 0.717) is 0 Å². The standard InChI is InChI=1S/C23H27N7/c1-14-12-19(29-16(3)27(5)21-18(29)8-7-9-24-21)15(2)20(13-14)30-17(4)28(6)22-23(30)26-11-10-25-22/h7-13,16-17H,1-6H3/t16-,17+/m0/s1. The highest BCUT2D eigenvalue weighted by atomic mass is 15.5. The average Bonchev–Trinajstić information content (AvgIpc) is 3.15. The van der Waals surface area contributed by atoms with Gasteiger partial charge in [-0.3, -0.25) is 0 Å². The molecule has 2 aliphatic heterocycles. The molecule has 0 saturated heterocycles. The van der Waals surface area contributed by atoms with Gasteiger partial charge in [0.15, 0.2) is 17.5 Å². The second-order valence-corrected chi connectivity index (χ2v) is 8.20. The van der Waals surface area contributed by atoms with Gasteiger partial charge in [0.2, 0.25) is 0 Å². The van der Waals surface area contributed by atoms with E-state index in [2.05, 4.69) is 94.5 Å². The molecule has 7 nitrogen and oxygen atoms in total. The molecule has 2 aromatic heterocycles. The molecule has 0 saturated carbocycles. The Morgan fingerprint density at radius 3 is 2.00 bits per heavy atom. The third-order valence-electron chi connectivity index (χ3n) is 6.47. The molecule has 0 bridgehead atoms. The van der Waals surface area contributed by atoms with E-state index >= 15 is 0 Å². The van der Waals surface area contributed by atoms with Crippen LogP contribution in [0.2, 0.25) is 0 Å². The lowest BCUT2D eigenvalue weighted by molar-refractivity contribution is 0.719. The summed E-state index contributed by atoms with van der Waals surface area (Å²) in [4.78, 5) is 22.9. The maximum absolute atomic E-state index is 4.67. The predicted octanol–water partition coefficient (Wildman–Crippen LogP) is 4.36. The number of pyridine rings is 1. The minimum Gasteiger partial charge on any atom is -0.337 e. The zero-order valence-electron chi connectivity index (χ0n) is 18.3. The summed E-state index contributed by atoms with van der Waals surface area (Å²) in [5.74, 6) is 2.83. The Bertz CT molecular complexity index is 1040. The van der Waals surface area contributed by atoms with Crippen LogP contribution in [0.25, 0.3) is 0 Å². The van der Waals surface area contributed by atoms with Crippen molar-refractivity contribution in [1.29, 1.82) is 0 Å². The average molecular weight is 402 g/mol. The number of hydrogen-bond donors (Lipinski definition) is 0. The molecule has 0 amide bonds. The van der Waals surface area contributed by atoms with Crippen LogP contribution in [-0.2, 0) is 0 Å². The number of benzene rings is 1. The maximum Gasteiger partial charge on any atom is 0.178 e. The minimum absolute atomic E-state index is 0.128. The summed E-state index contributed by atoms with van der Waals surface area (Å²) in [6, 6.07) is 8.68. The van der Waals surface area contributed by atoms with Crippen LogP contribution in [0.3, 0.4) is 0 Å². The first-order valence-corrected chi connectivity index (χ1v) is 10.3. The lowest BCUT2D eigenvalue weighted by atomic mass is 10.0.